The molecular formula is C12H17BCl3F4NO2. The molecule has 1 saturated heterocycles. The smallest absolute Gasteiger partial charge is 0.462 e. The summed E-state index contributed by atoms with van der Waals surface area (Å²) in [5.74, 6) is -1.13. The summed E-state index contributed by atoms with van der Waals surface area (Å²) in [4.78, 5) is 0. The maximum Gasteiger partial charge on any atom is 0.673 e. The summed E-state index contributed by atoms with van der Waals surface area (Å²) in [5, 5.41) is 10.1. The third kappa shape index (κ3) is 8.47. The molecular weight excluding hydrogens is 383 g/mol. The number of rotatable bonds is 0. The highest BCUT2D eigenvalue weighted by Gasteiger charge is 2.41. The zero-order valence-electron chi connectivity index (χ0n) is 12.3. The summed E-state index contributed by atoms with van der Waals surface area (Å²) in [6.45, 7) is 3.55. The van der Waals surface area contributed by atoms with Crippen molar-refractivity contribution in [2.75, 3.05) is 13.1 Å². The minimum atomic E-state index is -6.00. The molecule has 0 aromatic rings. The molecule has 0 aliphatic carbocycles. The lowest BCUT2D eigenvalue weighted by Gasteiger charge is -2.32. The van der Waals surface area contributed by atoms with Gasteiger partial charge in [0.2, 0.25) is 9.58 Å². The Morgan fingerprint density at radius 1 is 1.17 bits per heavy atom. The van der Waals surface area contributed by atoms with E-state index in [0.717, 1.165) is 31.6 Å². The Hall–Kier alpha value is -0.175. The number of hydrogen-bond donors (Lipinski definition) is 1. The third-order valence-corrected chi connectivity index (χ3v) is 3.74. The molecule has 11 heteroatoms. The fraction of sp³-hybridized carbons (Fsp3) is 0.750. The number of aliphatic hydroxyl groups is 1. The highest BCUT2D eigenvalue weighted by atomic mass is 35.6. The molecule has 134 valence electrons. The maximum absolute atomic E-state index is 10.1. The van der Waals surface area contributed by atoms with Crippen LogP contribution in [0.2, 0.25) is 0 Å². The Labute approximate surface area is 146 Å². The zero-order chi connectivity index (χ0) is 17.9. The van der Waals surface area contributed by atoms with Gasteiger partial charge in [-0.15, -0.1) is 0 Å². The highest BCUT2D eigenvalue weighted by Crippen LogP contribution is 2.40. The molecule has 23 heavy (non-hydrogen) atoms. The van der Waals surface area contributed by atoms with E-state index in [1.165, 1.54) is 6.42 Å². The van der Waals surface area contributed by atoms with Crippen LogP contribution in [0.3, 0.4) is 0 Å². The standard InChI is InChI=1S/C12H17Cl3NO2.BF4/c1-11(17)8-9(16-5-3-2-4-6-16)7-10(18-11)12(13,14)15;2-1(3,4)5/h7,17H,2-6,8H2,1H3;/q+1;-1. The molecule has 0 radical (unpaired) electrons. The fourth-order valence-electron chi connectivity index (χ4n) is 2.36. The first kappa shape index (κ1) is 20.9. The molecule has 2 aliphatic heterocycles. The van der Waals surface area contributed by atoms with Gasteiger partial charge in [-0.3, -0.25) is 0 Å². The molecule has 0 amide bonds. The van der Waals surface area contributed by atoms with Crippen LogP contribution in [0.4, 0.5) is 17.3 Å². The van der Waals surface area contributed by atoms with Crippen molar-refractivity contribution in [2.24, 2.45) is 0 Å². The number of halogens is 7. The van der Waals surface area contributed by atoms with Crippen LogP contribution < -0.4 is 0 Å². The van der Waals surface area contributed by atoms with Crippen molar-refractivity contribution in [2.45, 2.75) is 42.2 Å². The Bertz CT molecular complexity index is 476. The zero-order valence-corrected chi connectivity index (χ0v) is 14.6. The third-order valence-electron chi connectivity index (χ3n) is 3.18. The van der Waals surface area contributed by atoms with Gasteiger partial charge in [-0.1, -0.05) is 34.8 Å². The fourth-order valence-corrected chi connectivity index (χ4v) is 2.64. The van der Waals surface area contributed by atoms with E-state index in [1.807, 2.05) is 0 Å². The predicted molar refractivity (Wildman–Crippen MR) is 83.7 cm³/mol. The number of ether oxygens (including phenoxy) is 1. The Balaban J connectivity index is 0.000000463. The quantitative estimate of drug-likeness (QED) is 0.285. The van der Waals surface area contributed by atoms with E-state index < -0.39 is 16.8 Å². The highest BCUT2D eigenvalue weighted by molar-refractivity contribution is 6.69. The largest absolute Gasteiger partial charge is 0.673 e. The minimum Gasteiger partial charge on any atom is -0.462 e. The van der Waals surface area contributed by atoms with Crippen LogP contribution in [0.5, 0.6) is 0 Å². The number of nitrogens with zero attached hydrogens (tertiary/aromatic N) is 1. The Kier molecular flexibility index (Phi) is 7.08. The van der Waals surface area contributed by atoms with Gasteiger partial charge in [-0.2, -0.15) is 0 Å². The lowest BCUT2D eigenvalue weighted by molar-refractivity contribution is -0.538. The average molecular weight is 400 g/mol. The first-order valence-corrected chi connectivity index (χ1v) is 8.10. The van der Waals surface area contributed by atoms with Crippen LogP contribution in [0.25, 0.3) is 0 Å². The van der Waals surface area contributed by atoms with Gasteiger partial charge in [-0.25, -0.2) is 4.58 Å². The summed E-state index contributed by atoms with van der Waals surface area (Å²) >= 11 is 17.5. The van der Waals surface area contributed by atoms with Gasteiger partial charge in [0, 0.05) is 25.8 Å². The Morgan fingerprint density at radius 2 is 1.65 bits per heavy atom. The summed E-state index contributed by atoms with van der Waals surface area (Å²) < 4.78 is 44.9. The maximum atomic E-state index is 10.1. The predicted octanol–water partition coefficient (Wildman–Crippen LogP) is 4.31. The SMILES string of the molecule is CC1(O)CC(=[N+]2CCCCC2)C=C(C(Cl)(Cl)Cl)O1.F[B-](F)(F)F. The van der Waals surface area contributed by atoms with E-state index in [9.17, 15) is 22.4 Å². The summed E-state index contributed by atoms with van der Waals surface area (Å²) in [5.41, 5.74) is 0.979. The van der Waals surface area contributed by atoms with Crippen LogP contribution in [-0.4, -0.2) is 45.3 Å². The van der Waals surface area contributed by atoms with Crippen molar-refractivity contribution < 1.29 is 31.7 Å². The molecule has 1 fully saturated rings. The second-order valence-corrected chi connectivity index (χ2v) is 7.78. The van der Waals surface area contributed by atoms with Crippen LogP contribution in [-0.2, 0) is 4.74 Å². The molecule has 1 N–H and O–H groups in total. The van der Waals surface area contributed by atoms with E-state index in [4.69, 9.17) is 39.5 Å². The van der Waals surface area contributed by atoms with Crippen molar-refractivity contribution in [3.05, 3.63) is 11.8 Å². The van der Waals surface area contributed by atoms with Crippen LogP contribution in [0, 0.1) is 0 Å². The van der Waals surface area contributed by atoms with Crippen LogP contribution in [0.15, 0.2) is 11.8 Å². The van der Waals surface area contributed by atoms with Crippen molar-refractivity contribution in [1.82, 2.24) is 0 Å². The summed E-state index contributed by atoms with van der Waals surface area (Å²) in [6, 6.07) is 0. The molecule has 2 rings (SSSR count). The second-order valence-electron chi connectivity index (χ2n) is 5.49. The number of allylic oxidation sites excluding steroid dienone is 2. The summed E-state index contributed by atoms with van der Waals surface area (Å²) in [6.07, 6.45) is 5.72. The molecule has 2 heterocycles. The van der Waals surface area contributed by atoms with E-state index in [1.54, 1.807) is 13.0 Å². The molecule has 0 saturated carbocycles. The van der Waals surface area contributed by atoms with Gasteiger partial charge in [0.15, 0.2) is 11.5 Å². The monoisotopic (exact) mass is 399 g/mol. The lowest BCUT2D eigenvalue weighted by atomic mass is 10.0. The number of hydrogen-bond acceptors (Lipinski definition) is 2. The molecule has 0 aromatic carbocycles. The van der Waals surface area contributed by atoms with Gasteiger partial charge in [0.05, 0.1) is 6.42 Å². The van der Waals surface area contributed by atoms with Gasteiger partial charge in [0.1, 0.15) is 13.1 Å². The Morgan fingerprint density at radius 3 is 2.09 bits per heavy atom. The molecule has 2 aliphatic rings. The van der Waals surface area contributed by atoms with Crippen molar-refractivity contribution in [3.63, 3.8) is 0 Å². The van der Waals surface area contributed by atoms with Crippen molar-refractivity contribution in [3.8, 4) is 0 Å². The lowest BCUT2D eigenvalue weighted by Crippen LogP contribution is -2.41. The van der Waals surface area contributed by atoms with E-state index in [0.29, 0.717) is 6.42 Å². The normalized spacial score (nSPS) is 26.0. The van der Waals surface area contributed by atoms with Crippen LogP contribution in [0.1, 0.15) is 32.6 Å². The number of alkyl halides is 3. The van der Waals surface area contributed by atoms with E-state index in [2.05, 4.69) is 4.58 Å². The average Bonchev–Trinajstić information content (AvgIpc) is 2.35. The van der Waals surface area contributed by atoms with Crippen LogP contribution >= 0.6 is 34.8 Å². The van der Waals surface area contributed by atoms with Gasteiger partial charge >= 0.3 is 7.25 Å². The molecule has 1 unspecified atom stereocenters. The first-order chi connectivity index (χ1) is 10.3. The molecule has 1 atom stereocenters. The molecule has 3 nitrogen and oxygen atoms in total. The summed E-state index contributed by atoms with van der Waals surface area (Å²) in [7, 11) is -6.00. The van der Waals surface area contributed by atoms with Gasteiger partial charge < -0.3 is 27.1 Å². The molecule has 0 bridgehead atoms. The van der Waals surface area contributed by atoms with E-state index in [-0.39, 0.29) is 5.76 Å². The van der Waals surface area contributed by atoms with Crippen molar-refractivity contribution >= 4 is 47.8 Å². The van der Waals surface area contributed by atoms with Gasteiger partial charge in [-0.05, 0) is 6.42 Å². The van der Waals surface area contributed by atoms with E-state index >= 15 is 0 Å². The number of piperidine rings is 1. The topological polar surface area (TPSA) is 32.5 Å². The van der Waals surface area contributed by atoms with Gasteiger partial charge in [0.25, 0.3) is 0 Å². The molecule has 0 spiro atoms. The second kappa shape index (κ2) is 7.80. The van der Waals surface area contributed by atoms with Crippen molar-refractivity contribution in [1.29, 1.82) is 0 Å². The molecule has 0 aromatic heterocycles. The first-order valence-electron chi connectivity index (χ1n) is 6.96. The minimum absolute atomic E-state index is 0.185.